The standard InChI is InChI=1S/C15H13BrFNO2/c1-18(11-4-3-5-12(9-11)20-2)15(19)10-6-7-13(16)14(17)8-10/h3-9H,1-2H3. The highest BCUT2D eigenvalue weighted by molar-refractivity contribution is 9.10. The lowest BCUT2D eigenvalue weighted by molar-refractivity contribution is 0.0992. The van der Waals surface area contributed by atoms with Crippen LogP contribution in [0.3, 0.4) is 0 Å². The maximum absolute atomic E-state index is 13.5. The number of hydrogen-bond acceptors (Lipinski definition) is 2. The van der Waals surface area contributed by atoms with Crippen molar-refractivity contribution in [3.8, 4) is 5.75 Å². The first-order valence-corrected chi connectivity index (χ1v) is 6.69. The van der Waals surface area contributed by atoms with Crippen LogP contribution in [0.4, 0.5) is 10.1 Å². The van der Waals surface area contributed by atoms with Gasteiger partial charge in [-0.2, -0.15) is 0 Å². The zero-order valence-electron chi connectivity index (χ0n) is 11.1. The van der Waals surface area contributed by atoms with Crippen LogP contribution in [0, 0.1) is 5.82 Å². The Labute approximate surface area is 125 Å². The maximum atomic E-state index is 13.5. The highest BCUT2D eigenvalue weighted by atomic mass is 79.9. The minimum Gasteiger partial charge on any atom is -0.497 e. The van der Waals surface area contributed by atoms with Crippen molar-refractivity contribution in [1.29, 1.82) is 0 Å². The summed E-state index contributed by atoms with van der Waals surface area (Å²) in [5.74, 6) is -0.0938. The Kier molecular flexibility index (Phi) is 4.39. The van der Waals surface area contributed by atoms with Crippen molar-refractivity contribution in [1.82, 2.24) is 0 Å². The molecule has 0 bridgehead atoms. The first-order valence-electron chi connectivity index (χ1n) is 5.90. The number of benzene rings is 2. The van der Waals surface area contributed by atoms with Crippen LogP contribution in [0.1, 0.15) is 10.4 Å². The van der Waals surface area contributed by atoms with Crippen LogP contribution < -0.4 is 9.64 Å². The number of ether oxygens (including phenoxy) is 1. The summed E-state index contributed by atoms with van der Waals surface area (Å²) < 4.78 is 18.9. The van der Waals surface area contributed by atoms with E-state index in [1.54, 1.807) is 44.5 Å². The van der Waals surface area contributed by atoms with Crippen molar-refractivity contribution in [2.75, 3.05) is 19.1 Å². The fourth-order valence-electron chi connectivity index (χ4n) is 1.76. The van der Waals surface area contributed by atoms with Crippen molar-refractivity contribution in [2.45, 2.75) is 0 Å². The van der Waals surface area contributed by atoms with E-state index >= 15 is 0 Å². The topological polar surface area (TPSA) is 29.5 Å². The molecule has 2 aromatic carbocycles. The van der Waals surface area contributed by atoms with Crippen LogP contribution in [0.5, 0.6) is 5.75 Å². The average molecular weight is 338 g/mol. The summed E-state index contributed by atoms with van der Waals surface area (Å²) in [6.45, 7) is 0. The Morgan fingerprint density at radius 1 is 1.25 bits per heavy atom. The minimum absolute atomic E-state index is 0.287. The highest BCUT2D eigenvalue weighted by Crippen LogP contribution is 2.23. The fraction of sp³-hybridized carbons (Fsp3) is 0.133. The third-order valence-electron chi connectivity index (χ3n) is 2.91. The molecule has 0 aliphatic carbocycles. The molecule has 20 heavy (non-hydrogen) atoms. The summed E-state index contributed by atoms with van der Waals surface area (Å²) in [4.78, 5) is 13.8. The summed E-state index contributed by atoms with van der Waals surface area (Å²) in [6.07, 6.45) is 0. The molecule has 104 valence electrons. The van der Waals surface area contributed by atoms with Crippen LogP contribution in [0.15, 0.2) is 46.9 Å². The van der Waals surface area contributed by atoms with E-state index in [-0.39, 0.29) is 11.5 Å². The number of carbonyl (C=O) groups is 1. The second-order valence-electron chi connectivity index (χ2n) is 4.19. The van der Waals surface area contributed by atoms with E-state index in [1.807, 2.05) is 0 Å². The third-order valence-corrected chi connectivity index (χ3v) is 3.55. The first-order chi connectivity index (χ1) is 9.52. The van der Waals surface area contributed by atoms with Crippen molar-refractivity contribution in [3.05, 3.63) is 58.3 Å². The molecule has 0 saturated heterocycles. The van der Waals surface area contributed by atoms with Gasteiger partial charge >= 0.3 is 0 Å². The Morgan fingerprint density at radius 2 is 2.00 bits per heavy atom. The number of methoxy groups -OCH3 is 1. The van der Waals surface area contributed by atoms with Crippen molar-refractivity contribution >= 4 is 27.5 Å². The Bertz CT molecular complexity index is 646. The van der Waals surface area contributed by atoms with Crippen molar-refractivity contribution < 1.29 is 13.9 Å². The molecule has 0 fully saturated rings. The van der Waals surface area contributed by atoms with Crippen LogP contribution >= 0.6 is 15.9 Å². The predicted molar refractivity (Wildman–Crippen MR) is 79.8 cm³/mol. The van der Waals surface area contributed by atoms with Gasteiger partial charge in [-0.15, -0.1) is 0 Å². The Balaban J connectivity index is 2.29. The largest absolute Gasteiger partial charge is 0.497 e. The lowest BCUT2D eigenvalue weighted by atomic mass is 10.2. The average Bonchev–Trinajstić information content (AvgIpc) is 2.48. The number of amides is 1. The predicted octanol–water partition coefficient (Wildman–Crippen LogP) is 3.87. The number of hydrogen-bond donors (Lipinski definition) is 0. The molecule has 0 unspecified atom stereocenters. The highest BCUT2D eigenvalue weighted by Gasteiger charge is 2.15. The van der Waals surface area contributed by atoms with Gasteiger partial charge in [0.05, 0.1) is 11.6 Å². The second kappa shape index (κ2) is 6.05. The molecule has 1 amide bonds. The molecule has 0 heterocycles. The maximum Gasteiger partial charge on any atom is 0.258 e. The lowest BCUT2D eigenvalue weighted by Crippen LogP contribution is -2.26. The molecule has 2 aromatic rings. The fourth-order valence-corrected chi connectivity index (χ4v) is 2.01. The molecular weight excluding hydrogens is 325 g/mol. The number of rotatable bonds is 3. The second-order valence-corrected chi connectivity index (χ2v) is 5.05. The van der Waals surface area contributed by atoms with E-state index in [0.29, 0.717) is 15.9 Å². The number of nitrogens with zero attached hydrogens (tertiary/aromatic N) is 1. The first kappa shape index (κ1) is 14.5. The molecule has 0 spiro atoms. The lowest BCUT2D eigenvalue weighted by Gasteiger charge is -2.18. The number of carbonyl (C=O) groups excluding carboxylic acids is 1. The quantitative estimate of drug-likeness (QED) is 0.850. The molecule has 3 nitrogen and oxygen atoms in total. The van der Waals surface area contributed by atoms with Gasteiger partial charge in [0.25, 0.3) is 5.91 Å². The molecule has 0 aliphatic rings. The summed E-state index contributed by atoms with van der Waals surface area (Å²) in [7, 11) is 3.20. The number of anilines is 1. The minimum atomic E-state index is -0.463. The van der Waals surface area contributed by atoms with Gasteiger partial charge in [-0.1, -0.05) is 6.07 Å². The summed E-state index contributed by atoms with van der Waals surface area (Å²) in [5, 5.41) is 0. The Hall–Kier alpha value is -1.88. The van der Waals surface area contributed by atoms with Crippen LogP contribution in [0.2, 0.25) is 0 Å². The van der Waals surface area contributed by atoms with E-state index in [1.165, 1.54) is 17.0 Å². The van der Waals surface area contributed by atoms with Crippen molar-refractivity contribution in [3.63, 3.8) is 0 Å². The molecule has 5 heteroatoms. The number of halogens is 2. The SMILES string of the molecule is COc1cccc(N(C)C(=O)c2ccc(Br)c(F)c2)c1. The molecule has 0 aromatic heterocycles. The van der Waals surface area contributed by atoms with Crippen LogP contribution in [0.25, 0.3) is 0 Å². The smallest absolute Gasteiger partial charge is 0.258 e. The molecule has 0 aliphatic heterocycles. The van der Waals surface area contributed by atoms with Gasteiger partial charge < -0.3 is 9.64 Å². The van der Waals surface area contributed by atoms with E-state index in [2.05, 4.69) is 15.9 Å². The van der Waals surface area contributed by atoms with E-state index in [4.69, 9.17) is 4.74 Å². The van der Waals surface area contributed by atoms with Crippen LogP contribution in [-0.4, -0.2) is 20.1 Å². The monoisotopic (exact) mass is 337 g/mol. The molecule has 0 atom stereocenters. The normalized spacial score (nSPS) is 10.2. The Morgan fingerprint density at radius 3 is 2.65 bits per heavy atom. The third kappa shape index (κ3) is 2.99. The van der Waals surface area contributed by atoms with Gasteiger partial charge in [0, 0.05) is 24.4 Å². The zero-order chi connectivity index (χ0) is 14.7. The summed E-state index contributed by atoms with van der Waals surface area (Å²) in [6, 6.07) is 11.4. The van der Waals surface area contributed by atoms with Gasteiger partial charge in [-0.05, 0) is 46.3 Å². The molecule has 0 radical (unpaired) electrons. The molecular formula is C15H13BrFNO2. The van der Waals surface area contributed by atoms with Gasteiger partial charge in [0.15, 0.2) is 0 Å². The van der Waals surface area contributed by atoms with Crippen LogP contribution in [-0.2, 0) is 0 Å². The van der Waals surface area contributed by atoms with E-state index in [0.717, 1.165) is 0 Å². The van der Waals surface area contributed by atoms with Crippen molar-refractivity contribution in [2.24, 2.45) is 0 Å². The molecule has 0 saturated carbocycles. The van der Waals surface area contributed by atoms with E-state index < -0.39 is 5.82 Å². The van der Waals surface area contributed by atoms with E-state index in [9.17, 15) is 9.18 Å². The van der Waals surface area contributed by atoms with Gasteiger partial charge in [0.1, 0.15) is 11.6 Å². The summed E-state index contributed by atoms with van der Waals surface area (Å²) >= 11 is 3.06. The zero-order valence-corrected chi connectivity index (χ0v) is 12.6. The van der Waals surface area contributed by atoms with Gasteiger partial charge in [-0.3, -0.25) is 4.79 Å². The summed E-state index contributed by atoms with van der Waals surface area (Å²) in [5.41, 5.74) is 0.966. The molecule has 0 N–H and O–H groups in total. The molecule has 2 rings (SSSR count). The van der Waals surface area contributed by atoms with Gasteiger partial charge in [0.2, 0.25) is 0 Å². The van der Waals surface area contributed by atoms with Gasteiger partial charge in [-0.25, -0.2) is 4.39 Å².